The van der Waals surface area contributed by atoms with Crippen LogP contribution >= 0.6 is 23.1 Å². The van der Waals surface area contributed by atoms with Crippen molar-refractivity contribution in [3.05, 3.63) is 58.9 Å². The molecule has 0 bridgehead atoms. The smallest absolute Gasteiger partial charge is 0.249 e. The van der Waals surface area contributed by atoms with E-state index in [0.29, 0.717) is 11.3 Å². The normalized spacial score (nSPS) is 12.4. The topological polar surface area (TPSA) is 77.7 Å². The van der Waals surface area contributed by atoms with Crippen LogP contribution in [0.5, 0.6) is 5.75 Å². The molecule has 1 aromatic heterocycles. The van der Waals surface area contributed by atoms with Crippen molar-refractivity contribution in [3.8, 4) is 5.75 Å². The van der Waals surface area contributed by atoms with E-state index in [2.05, 4.69) is 4.99 Å². The number of aromatic nitrogens is 1. The van der Waals surface area contributed by atoms with Gasteiger partial charge in [-0.15, -0.1) is 0 Å². The summed E-state index contributed by atoms with van der Waals surface area (Å²) in [5, 5.41) is 0. The fourth-order valence-electron chi connectivity index (χ4n) is 2.97. The van der Waals surface area contributed by atoms with Crippen molar-refractivity contribution in [1.29, 1.82) is 0 Å². The predicted octanol–water partition coefficient (Wildman–Crippen LogP) is 3.51. The molecule has 6 nitrogen and oxygen atoms in total. The Balaban J connectivity index is 1.80. The van der Waals surface area contributed by atoms with E-state index in [1.165, 1.54) is 11.3 Å². The quantitative estimate of drug-likeness (QED) is 0.484. The number of thiazole rings is 1. The van der Waals surface area contributed by atoms with Gasteiger partial charge in [-0.1, -0.05) is 41.7 Å². The van der Waals surface area contributed by atoms with E-state index in [1.54, 1.807) is 43.1 Å². The highest BCUT2D eigenvalue weighted by Crippen LogP contribution is 2.23. The van der Waals surface area contributed by atoms with E-state index in [4.69, 9.17) is 4.74 Å². The van der Waals surface area contributed by atoms with Crippen molar-refractivity contribution in [2.24, 2.45) is 4.99 Å². The molecular weight excluding hydrogens is 440 g/mol. The Morgan fingerprint density at radius 3 is 2.67 bits per heavy atom. The molecule has 0 aliphatic rings. The summed E-state index contributed by atoms with van der Waals surface area (Å²) < 4.78 is 33.0. The SMILES string of the molecule is COc1ccc2sc(=NC(=O)CCS(=O)(=O)Cc3ccccc3)n(CCSC)c2c1. The van der Waals surface area contributed by atoms with E-state index in [1.807, 2.05) is 35.1 Å². The van der Waals surface area contributed by atoms with Crippen LogP contribution < -0.4 is 9.54 Å². The monoisotopic (exact) mass is 464 g/mol. The number of carbonyl (C=O) groups is 1. The molecule has 1 amide bonds. The number of amides is 1. The molecule has 3 rings (SSSR count). The summed E-state index contributed by atoms with van der Waals surface area (Å²) in [5.74, 6) is 0.896. The molecule has 0 aliphatic heterocycles. The number of nitrogens with zero attached hydrogens (tertiary/aromatic N) is 2. The molecule has 0 saturated heterocycles. The molecule has 0 spiro atoms. The van der Waals surface area contributed by atoms with Gasteiger partial charge in [0.25, 0.3) is 0 Å². The molecule has 2 aromatic carbocycles. The van der Waals surface area contributed by atoms with Crippen LogP contribution in [0.4, 0.5) is 0 Å². The minimum absolute atomic E-state index is 0.0719. The lowest BCUT2D eigenvalue weighted by Gasteiger charge is -2.05. The molecule has 0 N–H and O–H groups in total. The number of fused-ring (bicyclic) bond motifs is 1. The maximum Gasteiger partial charge on any atom is 0.249 e. The third-order valence-electron chi connectivity index (χ3n) is 4.48. The van der Waals surface area contributed by atoms with E-state index in [9.17, 15) is 13.2 Å². The lowest BCUT2D eigenvalue weighted by atomic mass is 10.2. The van der Waals surface area contributed by atoms with Crippen LogP contribution in [0.2, 0.25) is 0 Å². The maximum absolute atomic E-state index is 12.5. The average Bonchev–Trinajstić information content (AvgIpc) is 3.07. The molecule has 160 valence electrons. The van der Waals surface area contributed by atoms with Crippen LogP contribution in [-0.4, -0.2) is 43.8 Å². The molecule has 0 atom stereocenters. The van der Waals surface area contributed by atoms with Gasteiger partial charge in [-0.2, -0.15) is 16.8 Å². The van der Waals surface area contributed by atoms with Gasteiger partial charge in [0.1, 0.15) is 5.75 Å². The molecule has 0 aliphatic carbocycles. The number of ether oxygens (including phenoxy) is 1. The number of methoxy groups -OCH3 is 1. The molecule has 0 saturated carbocycles. The summed E-state index contributed by atoms with van der Waals surface area (Å²) >= 11 is 3.13. The number of rotatable bonds is 9. The molecule has 9 heteroatoms. The third kappa shape index (κ3) is 5.96. The number of hydrogen-bond acceptors (Lipinski definition) is 6. The van der Waals surface area contributed by atoms with Gasteiger partial charge in [0.05, 0.1) is 28.8 Å². The highest BCUT2D eigenvalue weighted by molar-refractivity contribution is 7.98. The molecule has 0 radical (unpaired) electrons. The van der Waals surface area contributed by atoms with Crippen molar-refractivity contribution in [3.63, 3.8) is 0 Å². The number of thioether (sulfide) groups is 1. The van der Waals surface area contributed by atoms with Gasteiger partial charge >= 0.3 is 0 Å². The van der Waals surface area contributed by atoms with Gasteiger partial charge in [-0.3, -0.25) is 4.79 Å². The Morgan fingerprint density at radius 2 is 1.97 bits per heavy atom. The fraction of sp³-hybridized carbons (Fsp3) is 0.333. The van der Waals surface area contributed by atoms with E-state index >= 15 is 0 Å². The summed E-state index contributed by atoms with van der Waals surface area (Å²) in [5.41, 5.74) is 1.67. The number of hydrogen-bond donors (Lipinski definition) is 0. The van der Waals surface area contributed by atoms with Crippen molar-refractivity contribution in [2.75, 3.05) is 24.9 Å². The molecule has 0 fully saturated rings. The largest absolute Gasteiger partial charge is 0.497 e. The number of benzene rings is 2. The highest BCUT2D eigenvalue weighted by Gasteiger charge is 2.15. The second-order valence-electron chi connectivity index (χ2n) is 6.70. The van der Waals surface area contributed by atoms with Crippen LogP contribution in [0.25, 0.3) is 10.2 Å². The number of carbonyl (C=O) groups excluding carboxylic acids is 1. The maximum atomic E-state index is 12.5. The van der Waals surface area contributed by atoms with E-state index < -0.39 is 15.7 Å². The van der Waals surface area contributed by atoms with Crippen molar-refractivity contribution < 1.29 is 17.9 Å². The Kier molecular flexibility index (Phi) is 7.74. The van der Waals surface area contributed by atoms with Gasteiger partial charge in [0.2, 0.25) is 5.91 Å². The zero-order valence-electron chi connectivity index (χ0n) is 16.9. The highest BCUT2D eigenvalue weighted by atomic mass is 32.2. The van der Waals surface area contributed by atoms with Crippen molar-refractivity contribution >= 4 is 49.1 Å². The van der Waals surface area contributed by atoms with Gasteiger partial charge in [0.15, 0.2) is 14.6 Å². The zero-order valence-corrected chi connectivity index (χ0v) is 19.4. The van der Waals surface area contributed by atoms with Crippen LogP contribution in [0, 0.1) is 0 Å². The molecular formula is C21H24N2O4S3. The average molecular weight is 465 g/mol. The fourth-order valence-corrected chi connectivity index (χ4v) is 5.71. The van der Waals surface area contributed by atoms with Gasteiger partial charge in [-0.25, -0.2) is 8.42 Å². The minimum atomic E-state index is -3.38. The van der Waals surface area contributed by atoms with Crippen LogP contribution in [0.3, 0.4) is 0 Å². The van der Waals surface area contributed by atoms with E-state index in [-0.39, 0.29) is 17.9 Å². The number of aryl methyl sites for hydroxylation is 1. The summed E-state index contributed by atoms with van der Waals surface area (Å²) in [6.07, 6.45) is 1.89. The zero-order chi connectivity index (χ0) is 21.6. The van der Waals surface area contributed by atoms with Gasteiger partial charge in [0, 0.05) is 24.8 Å². The summed E-state index contributed by atoms with van der Waals surface area (Å²) in [4.78, 5) is 17.3. The lowest BCUT2D eigenvalue weighted by Crippen LogP contribution is -2.19. The first-order valence-corrected chi connectivity index (χ1v) is 13.4. The van der Waals surface area contributed by atoms with Crippen molar-refractivity contribution in [2.45, 2.75) is 18.7 Å². The van der Waals surface area contributed by atoms with Crippen molar-refractivity contribution in [1.82, 2.24) is 4.57 Å². The van der Waals surface area contributed by atoms with Crippen LogP contribution in [0.15, 0.2) is 53.5 Å². The van der Waals surface area contributed by atoms with Crippen LogP contribution in [-0.2, 0) is 26.9 Å². The lowest BCUT2D eigenvalue weighted by molar-refractivity contribution is -0.117. The molecule has 0 unspecified atom stereocenters. The standard InChI is InChI=1S/C21H24N2O4S3/c1-27-17-8-9-19-18(14-17)23(11-12-28-2)21(29-19)22-20(24)10-13-30(25,26)15-16-6-4-3-5-7-16/h3-9,14H,10-13,15H2,1-2H3. The van der Waals surface area contributed by atoms with Crippen LogP contribution in [0.1, 0.15) is 12.0 Å². The second kappa shape index (κ2) is 10.3. The molecule has 3 aromatic rings. The van der Waals surface area contributed by atoms with Gasteiger partial charge in [-0.05, 0) is 24.0 Å². The third-order valence-corrected chi connectivity index (χ3v) is 7.73. The number of sulfone groups is 1. The minimum Gasteiger partial charge on any atom is -0.497 e. The van der Waals surface area contributed by atoms with Gasteiger partial charge < -0.3 is 9.30 Å². The molecule has 30 heavy (non-hydrogen) atoms. The summed E-state index contributed by atoms with van der Waals surface area (Å²) in [6.45, 7) is 0.701. The first-order valence-electron chi connectivity index (χ1n) is 9.40. The Morgan fingerprint density at radius 1 is 1.20 bits per heavy atom. The summed E-state index contributed by atoms with van der Waals surface area (Å²) in [7, 11) is -1.77. The summed E-state index contributed by atoms with van der Waals surface area (Å²) in [6, 6.07) is 14.7. The Bertz CT molecular complexity index is 1180. The second-order valence-corrected chi connectivity index (χ2v) is 10.9. The predicted molar refractivity (Wildman–Crippen MR) is 124 cm³/mol. The first kappa shape index (κ1) is 22.6. The Labute approximate surface area is 184 Å². The Hall–Kier alpha value is -2.10. The molecule has 1 heterocycles. The van der Waals surface area contributed by atoms with E-state index in [0.717, 1.165) is 27.3 Å². The first-order chi connectivity index (χ1) is 14.4.